The van der Waals surface area contributed by atoms with Crippen LogP contribution in [-0.4, -0.2) is 43.4 Å². The quantitative estimate of drug-likeness (QED) is 0.638. The van der Waals surface area contributed by atoms with Crippen molar-refractivity contribution in [1.82, 2.24) is 4.90 Å². The van der Waals surface area contributed by atoms with E-state index in [0.717, 1.165) is 11.3 Å². The third-order valence-corrected chi connectivity index (χ3v) is 5.54. The SMILES string of the molecule is COc1ccc(OC)c(NC(=O)CN2C(=O)[C@@H]3[C@H](C2=O)[C@H]2C=C[C@H]3C2)c1. The van der Waals surface area contributed by atoms with Gasteiger partial charge in [-0.2, -0.15) is 0 Å². The fraction of sp³-hybridized carbons (Fsp3) is 0.421. The summed E-state index contributed by atoms with van der Waals surface area (Å²) in [7, 11) is 3.02. The molecule has 0 spiro atoms. The standard InChI is InChI=1S/C19H20N2O5/c1-25-12-5-6-14(26-2)13(8-12)20-15(22)9-21-18(23)16-10-3-4-11(7-10)17(16)19(21)24/h3-6,8,10-11,16-17H,7,9H2,1-2H3,(H,20,22)/t10-,11-,16-,17+/m0/s1. The Morgan fingerprint density at radius 2 is 1.77 bits per heavy atom. The zero-order valence-electron chi connectivity index (χ0n) is 14.6. The summed E-state index contributed by atoms with van der Waals surface area (Å²) in [6.07, 6.45) is 4.93. The second-order valence-electron chi connectivity index (χ2n) is 6.88. The number of nitrogens with zero attached hydrogens (tertiary/aromatic N) is 1. The number of hydrogen-bond acceptors (Lipinski definition) is 5. The van der Waals surface area contributed by atoms with E-state index in [1.165, 1.54) is 14.2 Å². The number of anilines is 1. The zero-order chi connectivity index (χ0) is 18.4. The number of rotatable bonds is 5. The van der Waals surface area contributed by atoms with E-state index in [-0.39, 0.29) is 42.0 Å². The number of hydrogen-bond donors (Lipinski definition) is 1. The number of likely N-dealkylation sites (tertiary alicyclic amines) is 1. The molecule has 1 aromatic rings. The van der Waals surface area contributed by atoms with Crippen molar-refractivity contribution in [2.75, 3.05) is 26.1 Å². The van der Waals surface area contributed by atoms with Gasteiger partial charge in [-0.25, -0.2) is 0 Å². The maximum atomic E-state index is 12.6. The topological polar surface area (TPSA) is 84.9 Å². The summed E-state index contributed by atoms with van der Waals surface area (Å²) in [5.74, 6) is -0.203. The van der Waals surface area contributed by atoms with E-state index in [2.05, 4.69) is 5.32 Å². The van der Waals surface area contributed by atoms with Gasteiger partial charge in [-0.3, -0.25) is 19.3 Å². The normalized spacial score (nSPS) is 28.5. The lowest BCUT2D eigenvalue weighted by Gasteiger charge is -2.17. The highest BCUT2D eigenvalue weighted by molar-refractivity contribution is 6.09. The van der Waals surface area contributed by atoms with Crippen LogP contribution in [0.15, 0.2) is 30.4 Å². The molecule has 136 valence electrons. The second-order valence-corrected chi connectivity index (χ2v) is 6.88. The Morgan fingerprint density at radius 3 is 2.35 bits per heavy atom. The van der Waals surface area contributed by atoms with Crippen molar-refractivity contribution >= 4 is 23.4 Å². The van der Waals surface area contributed by atoms with E-state index in [1.807, 2.05) is 12.2 Å². The molecule has 26 heavy (non-hydrogen) atoms. The summed E-state index contributed by atoms with van der Waals surface area (Å²) in [6, 6.07) is 5.02. The lowest BCUT2D eigenvalue weighted by Crippen LogP contribution is -2.39. The number of fused-ring (bicyclic) bond motifs is 5. The van der Waals surface area contributed by atoms with E-state index in [0.29, 0.717) is 17.2 Å². The first kappa shape index (κ1) is 16.6. The molecule has 1 saturated heterocycles. The number of nitrogens with one attached hydrogen (secondary N) is 1. The highest BCUT2D eigenvalue weighted by Crippen LogP contribution is 2.52. The van der Waals surface area contributed by atoms with Crippen LogP contribution in [0.5, 0.6) is 11.5 Å². The second kappa shape index (κ2) is 6.16. The lowest BCUT2D eigenvalue weighted by atomic mass is 9.85. The van der Waals surface area contributed by atoms with E-state index < -0.39 is 5.91 Å². The Labute approximate surface area is 150 Å². The molecule has 2 aliphatic carbocycles. The number of ether oxygens (including phenoxy) is 2. The Kier molecular flexibility index (Phi) is 3.94. The number of methoxy groups -OCH3 is 2. The predicted molar refractivity (Wildman–Crippen MR) is 92.6 cm³/mol. The van der Waals surface area contributed by atoms with E-state index in [1.54, 1.807) is 18.2 Å². The smallest absolute Gasteiger partial charge is 0.244 e. The van der Waals surface area contributed by atoms with Crippen molar-refractivity contribution in [3.63, 3.8) is 0 Å². The molecule has 7 nitrogen and oxygen atoms in total. The monoisotopic (exact) mass is 356 g/mol. The molecule has 0 unspecified atom stereocenters. The minimum Gasteiger partial charge on any atom is -0.497 e. The Bertz CT molecular complexity index is 788. The third kappa shape index (κ3) is 2.46. The first-order chi connectivity index (χ1) is 12.5. The maximum absolute atomic E-state index is 12.6. The average molecular weight is 356 g/mol. The summed E-state index contributed by atoms with van der Waals surface area (Å²) in [5, 5.41) is 2.70. The molecule has 3 aliphatic rings. The van der Waals surface area contributed by atoms with Gasteiger partial charge in [0.2, 0.25) is 17.7 Å². The van der Waals surface area contributed by atoms with Crippen LogP contribution in [0.3, 0.4) is 0 Å². The van der Waals surface area contributed by atoms with Gasteiger partial charge >= 0.3 is 0 Å². The fourth-order valence-corrected chi connectivity index (χ4v) is 4.36. The molecule has 0 radical (unpaired) electrons. The molecule has 4 rings (SSSR count). The van der Waals surface area contributed by atoms with Crippen molar-refractivity contribution in [3.05, 3.63) is 30.4 Å². The summed E-state index contributed by atoms with van der Waals surface area (Å²) >= 11 is 0. The molecule has 1 saturated carbocycles. The highest BCUT2D eigenvalue weighted by Gasteiger charge is 2.59. The first-order valence-electron chi connectivity index (χ1n) is 8.59. The van der Waals surface area contributed by atoms with Crippen molar-refractivity contribution in [2.24, 2.45) is 23.7 Å². The molecule has 0 aromatic heterocycles. The number of carbonyl (C=O) groups is 3. The number of benzene rings is 1. The van der Waals surface area contributed by atoms with Crippen molar-refractivity contribution in [1.29, 1.82) is 0 Å². The fourth-order valence-electron chi connectivity index (χ4n) is 4.36. The Balaban J connectivity index is 1.48. The molecule has 1 aromatic carbocycles. The largest absolute Gasteiger partial charge is 0.497 e. The van der Waals surface area contributed by atoms with Gasteiger partial charge in [0.25, 0.3) is 0 Å². The van der Waals surface area contributed by atoms with Crippen LogP contribution in [-0.2, 0) is 14.4 Å². The van der Waals surface area contributed by atoms with Gasteiger partial charge in [0.15, 0.2) is 0 Å². The van der Waals surface area contributed by atoms with E-state index in [9.17, 15) is 14.4 Å². The molecular weight excluding hydrogens is 336 g/mol. The number of carbonyl (C=O) groups excluding carboxylic acids is 3. The molecule has 3 amide bonds. The highest BCUT2D eigenvalue weighted by atomic mass is 16.5. The summed E-state index contributed by atoms with van der Waals surface area (Å²) in [5.41, 5.74) is 0.429. The molecule has 1 heterocycles. The number of amides is 3. The Hall–Kier alpha value is -2.83. The van der Waals surface area contributed by atoms with Gasteiger partial charge in [-0.05, 0) is 30.4 Å². The molecule has 1 aliphatic heterocycles. The predicted octanol–water partition coefficient (Wildman–Crippen LogP) is 1.45. The van der Waals surface area contributed by atoms with Crippen LogP contribution < -0.4 is 14.8 Å². The van der Waals surface area contributed by atoms with Crippen molar-refractivity contribution < 1.29 is 23.9 Å². The van der Waals surface area contributed by atoms with E-state index in [4.69, 9.17) is 9.47 Å². The number of allylic oxidation sites excluding steroid dienone is 2. The zero-order valence-corrected chi connectivity index (χ0v) is 14.6. The van der Waals surface area contributed by atoms with Crippen LogP contribution in [0.1, 0.15) is 6.42 Å². The van der Waals surface area contributed by atoms with Crippen LogP contribution in [0.25, 0.3) is 0 Å². The molecular formula is C19H20N2O5. The molecule has 2 bridgehead atoms. The van der Waals surface area contributed by atoms with Gasteiger partial charge in [-0.15, -0.1) is 0 Å². The van der Waals surface area contributed by atoms with Gasteiger partial charge in [0.1, 0.15) is 18.0 Å². The first-order valence-corrected chi connectivity index (χ1v) is 8.59. The maximum Gasteiger partial charge on any atom is 0.244 e. The van der Waals surface area contributed by atoms with Crippen molar-refractivity contribution in [2.45, 2.75) is 6.42 Å². The minimum atomic E-state index is -0.446. The lowest BCUT2D eigenvalue weighted by molar-refractivity contribution is -0.143. The van der Waals surface area contributed by atoms with Gasteiger partial charge in [-0.1, -0.05) is 12.2 Å². The third-order valence-electron chi connectivity index (χ3n) is 5.54. The average Bonchev–Trinajstić information content (AvgIpc) is 3.31. The summed E-state index contributed by atoms with van der Waals surface area (Å²) in [4.78, 5) is 38.8. The molecule has 7 heteroatoms. The number of imide groups is 1. The van der Waals surface area contributed by atoms with Crippen LogP contribution in [0.4, 0.5) is 5.69 Å². The van der Waals surface area contributed by atoms with E-state index >= 15 is 0 Å². The van der Waals surface area contributed by atoms with Gasteiger partial charge in [0.05, 0.1) is 31.7 Å². The van der Waals surface area contributed by atoms with Crippen molar-refractivity contribution in [3.8, 4) is 11.5 Å². The molecule has 2 fully saturated rings. The Morgan fingerprint density at radius 1 is 1.12 bits per heavy atom. The molecule has 4 atom stereocenters. The summed E-state index contributed by atoms with van der Waals surface area (Å²) in [6.45, 7) is -0.287. The van der Waals surface area contributed by atoms with Gasteiger partial charge < -0.3 is 14.8 Å². The van der Waals surface area contributed by atoms with Crippen LogP contribution >= 0.6 is 0 Å². The van der Waals surface area contributed by atoms with Crippen LogP contribution in [0.2, 0.25) is 0 Å². The van der Waals surface area contributed by atoms with Crippen LogP contribution in [0, 0.1) is 23.7 Å². The molecule has 1 N–H and O–H groups in total. The summed E-state index contributed by atoms with van der Waals surface area (Å²) < 4.78 is 10.4. The van der Waals surface area contributed by atoms with Gasteiger partial charge in [0, 0.05) is 6.07 Å². The minimum absolute atomic E-state index is 0.132.